The molecule has 10 heteroatoms. The minimum Gasteiger partial charge on any atom is -0.481 e. The van der Waals surface area contributed by atoms with Gasteiger partial charge in [-0.1, -0.05) is 152 Å². The van der Waals surface area contributed by atoms with Crippen LogP contribution in [-0.4, -0.2) is 75.2 Å². The molecule has 0 heterocycles. The molecule has 0 aliphatic rings. The second-order valence-corrected chi connectivity index (χ2v) is 17.4. The number of aliphatic carboxylic acids is 1. The van der Waals surface area contributed by atoms with Gasteiger partial charge in [0.2, 0.25) is 0 Å². The number of esters is 3. The Morgan fingerprint density at radius 1 is 0.466 bits per heavy atom. The molecule has 0 fully saturated rings. The van der Waals surface area contributed by atoms with Crippen LogP contribution in [0.5, 0.6) is 0 Å². The number of carboxylic acid groups (broad SMARTS) is 1. The summed E-state index contributed by atoms with van der Waals surface area (Å²) in [5.41, 5.74) is -0.866. The quantitative estimate of drug-likeness (QED) is 0.0373. The van der Waals surface area contributed by atoms with Crippen LogP contribution in [0.25, 0.3) is 0 Å². The first-order valence-electron chi connectivity index (χ1n) is 23.4. The van der Waals surface area contributed by atoms with Crippen molar-refractivity contribution in [1.29, 1.82) is 0 Å². The summed E-state index contributed by atoms with van der Waals surface area (Å²) in [6.07, 6.45) is 25.0. The fraction of sp³-hybridized carbons (Fsp3) is 0.917. The lowest BCUT2D eigenvalue weighted by Gasteiger charge is -2.20. The van der Waals surface area contributed by atoms with Crippen LogP contribution in [0, 0.1) is 28.6 Å². The van der Waals surface area contributed by atoms with Crippen molar-refractivity contribution in [3.63, 3.8) is 0 Å². The van der Waals surface area contributed by atoms with Crippen molar-refractivity contribution in [2.24, 2.45) is 28.6 Å². The van der Waals surface area contributed by atoms with Crippen molar-refractivity contribution in [3.8, 4) is 0 Å². The molecule has 346 valence electrons. The van der Waals surface area contributed by atoms with Crippen molar-refractivity contribution < 1.29 is 48.0 Å². The minimum absolute atomic E-state index is 0.0408. The maximum absolute atomic E-state index is 11.8. The molecule has 0 saturated heterocycles. The van der Waals surface area contributed by atoms with E-state index in [1.165, 1.54) is 96.3 Å². The molecule has 0 amide bonds. The third-order valence-corrected chi connectivity index (χ3v) is 10.9. The molecule has 0 aromatic carbocycles. The maximum atomic E-state index is 11.8. The molecule has 2 atom stereocenters. The summed E-state index contributed by atoms with van der Waals surface area (Å²) < 4.78 is 26.5. The molecule has 2 unspecified atom stereocenters. The van der Waals surface area contributed by atoms with Gasteiger partial charge in [-0.2, -0.15) is 0 Å². The van der Waals surface area contributed by atoms with Crippen LogP contribution in [0.3, 0.4) is 0 Å². The van der Waals surface area contributed by atoms with E-state index in [1.54, 1.807) is 13.8 Å². The Kier molecular flexibility index (Phi) is 41.7. The molecule has 0 rings (SSSR count). The van der Waals surface area contributed by atoms with Crippen LogP contribution in [0.4, 0.5) is 0 Å². The molecule has 0 radical (unpaired) electrons. The molecule has 0 spiro atoms. The molecular weight excluding hydrogens is 737 g/mol. The van der Waals surface area contributed by atoms with Gasteiger partial charge in [0.15, 0.2) is 0 Å². The average Bonchev–Trinajstić information content (AvgIpc) is 3.20. The summed E-state index contributed by atoms with van der Waals surface area (Å²) in [5, 5.41) is 8.44. The number of rotatable bonds is 35. The van der Waals surface area contributed by atoms with Crippen molar-refractivity contribution in [2.45, 2.75) is 212 Å². The van der Waals surface area contributed by atoms with Gasteiger partial charge in [0.25, 0.3) is 0 Å². The average molecular weight is 831 g/mol. The molecule has 0 saturated carbocycles. The van der Waals surface area contributed by atoms with Gasteiger partial charge in [0.05, 0.1) is 55.7 Å². The Morgan fingerprint density at radius 3 is 1.10 bits per heavy atom. The Bertz CT molecular complexity index is 948. The Balaban J connectivity index is -0.000000879. The van der Waals surface area contributed by atoms with Crippen LogP contribution in [0.2, 0.25) is 0 Å². The molecule has 1 N–H and O–H groups in total. The molecule has 0 bridgehead atoms. The lowest BCUT2D eigenvalue weighted by atomic mass is 9.91. The monoisotopic (exact) mass is 831 g/mol. The van der Waals surface area contributed by atoms with E-state index in [-0.39, 0.29) is 54.3 Å². The third kappa shape index (κ3) is 38.0. The van der Waals surface area contributed by atoms with E-state index in [9.17, 15) is 19.2 Å². The number of ether oxygens (including phenoxy) is 5. The van der Waals surface area contributed by atoms with Crippen molar-refractivity contribution in [1.82, 2.24) is 0 Å². The molecule has 0 aromatic heterocycles. The Morgan fingerprint density at radius 2 is 0.810 bits per heavy atom. The van der Waals surface area contributed by atoms with Crippen LogP contribution in [0.15, 0.2) is 0 Å². The first-order chi connectivity index (χ1) is 27.5. The predicted octanol–water partition coefficient (Wildman–Crippen LogP) is 12.6. The fourth-order valence-electron chi connectivity index (χ4n) is 4.94. The first kappa shape index (κ1) is 60.1. The lowest BCUT2D eigenvalue weighted by Crippen LogP contribution is -2.26. The van der Waals surface area contributed by atoms with Crippen molar-refractivity contribution >= 4 is 23.9 Å². The number of carbonyl (C=O) groups excluding carboxylic acids is 3. The zero-order valence-corrected chi connectivity index (χ0v) is 39.9. The standard InChI is InChI=1S/C24H48O2.C18H34O6.C6H12O2/c1-5-7-8-9-10-11-12-13-14-15-16-17-18-19-20-21-22-26-23(25)24(3,4)6-2;1-6-15(4)17(19)23-10-8-21-12-14(3)13-22-9-11-24-18(20)16(5)7-2;1-4-6(2,3)5(7)8/h5-22H2,1-4H3;14-16H,6-13H2,1-5H3;4H2,1-3H3,(H,7,8). The van der Waals surface area contributed by atoms with Crippen LogP contribution in [-0.2, 0) is 42.9 Å². The molecule has 0 aliphatic heterocycles. The molecule has 10 nitrogen and oxygen atoms in total. The number of hydrogen-bond acceptors (Lipinski definition) is 9. The van der Waals surface area contributed by atoms with Gasteiger partial charge in [0, 0.05) is 5.92 Å². The summed E-state index contributed by atoms with van der Waals surface area (Å²) in [5.74, 6) is -1.02. The number of hydrogen-bond donors (Lipinski definition) is 1. The zero-order chi connectivity index (χ0) is 44.7. The van der Waals surface area contributed by atoms with Gasteiger partial charge in [-0.15, -0.1) is 0 Å². The van der Waals surface area contributed by atoms with Gasteiger partial charge < -0.3 is 28.8 Å². The highest BCUT2D eigenvalue weighted by atomic mass is 16.6. The largest absolute Gasteiger partial charge is 0.481 e. The van der Waals surface area contributed by atoms with E-state index in [1.807, 2.05) is 62.3 Å². The number of carbonyl (C=O) groups is 4. The second-order valence-electron chi connectivity index (χ2n) is 17.4. The minimum atomic E-state index is -0.722. The van der Waals surface area contributed by atoms with E-state index in [4.69, 9.17) is 28.8 Å². The summed E-state index contributed by atoms with van der Waals surface area (Å²) in [7, 11) is 0. The highest BCUT2D eigenvalue weighted by Gasteiger charge is 2.26. The van der Waals surface area contributed by atoms with E-state index >= 15 is 0 Å². The zero-order valence-electron chi connectivity index (χ0n) is 39.9. The van der Waals surface area contributed by atoms with E-state index in [2.05, 4.69) is 6.92 Å². The van der Waals surface area contributed by atoms with E-state index < -0.39 is 11.4 Å². The van der Waals surface area contributed by atoms with Gasteiger partial charge in [-0.05, 0) is 59.8 Å². The number of unbranched alkanes of at least 4 members (excludes halogenated alkanes) is 15. The summed E-state index contributed by atoms with van der Waals surface area (Å²) >= 11 is 0. The predicted molar refractivity (Wildman–Crippen MR) is 238 cm³/mol. The summed E-state index contributed by atoms with van der Waals surface area (Å²) in [6.45, 7) is 26.2. The van der Waals surface area contributed by atoms with E-state index in [0.29, 0.717) is 39.5 Å². The molecule has 58 heavy (non-hydrogen) atoms. The van der Waals surface area contributed by atoms with Crippen LogP contribution in [0.1, 0.15) is 212 Å². The highest BCUT2D eigenvalue weighted by molar-refractivity contribution is 5.75. The number of carboxylic acids is 1. The van der Waals surface area contributed by atoms with Crippen LogP contribution >= 0.6 is 0 Å². The topological polar surface area (TPSA) is 135 Å². The van der Waals surface area contributed by atoms with Gasteiger partial charge in [-0.25, -0.2) is 0 Å². The van der Waals surface area contributed by atoms with Gasteiger partial charge in [-0.3, -0.25) is 19.2 Å². The normalized spacial score (nSPS) is 12.9. The third-order valence-electron chi connectivity index (χ3n) is 10.9. The highest BCUT2D eigenvalue weighted by Crippen LogP contribution is 2.22. The lowest BCUT2D eigenvalue weighted by molar-refractivity contribution is -0.154. The maximum Gasteiger partial charge on any atom is 0.311 e. The molecular formula is C48H94O10. The first-order valence-corrected chi connectivity index (χ1v) is 23.4. The second kappa shape index (κ2) is 40.2. The fourth-order valence-corrected chi connectivity index (χ4v) is 4.94. The van der Waals surface area contributed by atoms with Crippen molar-refractivity contribution in [2.75, 3.05) is 46.2 Å². The molecule has 0 aromatic rings. The smallest absolute Gasteiger partial charge is 0.311 e. The summed E-state index contributed by atoms with van der Waals surface area (Å²) in [4.78, 5) is 45.0. The Labute approximate surface area is 357 Å². The SMILES string of the molecule is CCC(C)(C)C(=O)O.CCC(C)C(=O)OCCOCC(C)COCCOC(=O)C(C)CC.CCCCCCCCCCCCCCCCCCOC(=O)C(C)(C)CC. The van der Waals surface area contributed by atoms with Gasteiger partial charge >= 0.3 is 23.9 Å². The van der Waals surface area contributed by atoms with Gasteiger partial charge in [0.1, 0.15) is 13.2 Å². The summed E-state index contributed by atoms with van der Waals surface area (Å²) in [6, 6.07) is 0. The van der Waals surface area contributed by atoms with Crippen LogP contribution < -0.4 is 0 Å². The molecule has 0 aliphatic carbocycles. The van der Waals surface area contributed by atoms with E-state index in [0.717, 1.165) is 25.7 Å². The van der Waals surface area contributed by atoms with Crippen molar-refractivity contribution in [3.05, 3.63) is 0 Å². The Hall–Kier alpha value is -2.20.